The third-order valence-electron chi connectivity index (χ3n) is 3.29. The SMILES string of the molecule is CCNC(=S)N1CCN(C(=O)c2ccccc2I)CC1. The van der Waals surface area contributed by atoms with Crippen molar-refractivity contribution in [3.63, 3.8) is 0 Å². The van der Waals surface area contributed by atoms with Crippen LogP contribution in [0, 0.1) is 3.57 Å². The third-order valence-corrected chi connectivity index (χ3v) is 4.63. The van der Waals surface area contributed by atoms with Gasteiger partial charge >= 0.3 is 0 Å². The highest BCUT2D eigenvalue weighted by molar-refractivity contribution is 14.1. The van der Waals surface area contributed by atoms with Crippen LogP contribution in [0.4, 0.5) is 0 Å². The lowest BCUT2D eigenvalue weighted by atomic mass is 10.2. The van der Waals surface area contributed by atoms with Crippen molar-refractivity contribution in [2.45, 2.75) is 6.92 Å². The highest BCUT2D eigenvalue weighted by Gasteiger charge is 2.24. The normalized spacial score (nSPS) is 15.1. The Balaban J connectivity index is 1.96. The predicted molar refractivity (Wildman–Crippen MR) is 92.9 cm³/mol. The van der Waals surface area contributed by atoms with Crippen molar-refractivity contribution in [3.05, 3.63) is 33.4 Å². The van der Waals surface area contributed by atoms with Crippen LogP contribution in [0.5, 0.6) is 0 Å². The Morgan fingerprint density at radius 1 is 1.25 bits per heavy atom. The number of halogens is 1. The number of nitrogens with zero attached hydrogens (tertiary/aromatic N) is 2. The van der Waals surface area contributed by atoms with E-state index in [0.29, 0.717) is 0 Å². The smallest absolute Gasteiger partial charge is 0.255 e. The van der Waals surface area contributed by atoms with Crippen LogP contribution in [0.1, 0.15) is 17.3 Å². The number of amides is 1. The molecule has 1 saturated heterocycles. The second-order valence-corrected chi connectivity index (χ2v) is 6.14. The molecule has 0 unspecified atom stereocenters. The molecule has 1 heterocycles. The fourth-order valence-electron chi connectivity index (χ4n) is 2.18. The van der Waals surface area contributed by atoms with Crippen LogP contribution in [0.2, 0.25) is 0 Å². The summed E-state index contributed by atoms with van der Waals surface area (Å²) in [6.45, 7) is 5.89. The minimum Gasteiger partial charge on any atom is -0.363 e. The summed E-state index contributed by atoms with van der Waals surface area (Å²) >= 11 is 7.51. The topological polar surface area (TPSA) is 35.6 Å². The quantitative estimate of drug-likeness (QED) is 0.605. The zero-order chi connectivity index (χ0) is 14.5. The van der Waals surface area contributed by atoms with Gasteiger partial charge in [0.05, 0.1) is 5.56 Å². The Hall–Kier alpha value is -0.890. The Kier molecular flexibility index (Phi) is 5.59. The van der Waals surface area contributed by atoms with Crippen LogP contribution >= 0.6 is 34.8 Å². The molecule has 1 aromatic carbocycles. The Bertz CT molecular complexity index is 501. The van der Waals surface area contributed by atoms with E-state index in [2.05, 4.69) is 32.8 Å². The highest BCUT2D eigenvalue weighted by Crippen LogP contribution is 2.15. The van der Waals surface area contributed by atoms with E-state index in [1.807, 2.05) is 36.1 Å². The molecule has 2 rings (SSSR count). The number of benzene rings is 1. The Labute approximate surface area is 138 Å². The fourth-order valence-corrected chi connectivity index (χ4v) is 3.13. The molecule has 0 saturated carbocycles. The van der Waals surface area contributed by atoms with Crippen molar-refractivity contribution in [1.82, 2.24) is 15.1 Å². The average molecular weight is 403 g/mol. The van der Waals surface area contributed by atoms with Gasteiger partial charge in [0.1, 0.15) is 0 Å². The van der Waals surface area contributed by atoms with E-state index in [-0.39, 0.29) is 5.91 Å². The van der Waals surface area contributed by atoms with Crippen molar-refractivity contribution >= 4 is 45.8 Å². The van der Waals surface area contributed by atoms with E-state index in [9.17, 15) is 4.79 Å². The first-order valence-corrected chi connectivity index (χ1v) is 8.18. The maximum Gasteiger partial charge on any atom is 0.255 e. The molecule has 20 heavy (non-hydrogen) atoms. The monoisotopic (exact) mass is 403 g/mol. The minimum atomic E-state index is 0.115. The molecule has 0 aliphatic carbocycles. The minimum absolute atomic E-state index is 0.115. The lowest BCUT2D eigenvalue weighted by molar-refractivity contribution is 0.0690. The van der Waals surface area contributed by atoms with Crippen LogP contribution < -0.4 is 5.32 Å². The number of hydrogen-bond donors (Lipinski definition) is 1. The lowest BCUT2D eigenvalue weighted by Crippen LogP contribution is -2.53. The molecule has 0 aromatic heterocycles. The second-order valence-electron chi connectivity index (χ2n) is 4.59. The molecule has 1 N–H and O–H groups in total. The van der Waals surface area contributed by atoms with Crippen molar-refractivity contribution in [2.24, 2.45) is 0 Å². The van der Waals surface area contributed by atoms with Crippen LogP contribution in [0.25, 0.3) is 0 Å². The number of piperazine rings is 1. The van der Waals surface area contributed by atoms with Gasteiger partial charge in [-0.3, -0.25) is 4.79 Å². The summed E-state index contributed by atoms with van der Waals surface area (Å²) in [5.41, 5.74) is 0.788. The van der Waals surface area contributed by atoms with Gasteiger partial charge in [-0.05, 0) is 53.9 Å². The zero-order valence-electron chi connectivity index (χ0n) is 11.4. The van der Waals surface area contributed by atoms with Crippen LogP contribution in [-0.2, 0) is 0 Å². The fraction of sp³-hybridized carbons (Fsp3) is 0.429. The molecular formula is C14H18IN3OS. The molecule has 1 aromatic rings. The summed E-state index contributed by atoms with van der Waals surface area (Å²) in [6, 6.07) is 7.71. The highest BCUT2D eigenvalue weighted by atomic mass is 127. The average Bonchev–Trinajstić information content (AvgIpc) is 2.47. The largest absolute Gasteiger partial charge is 0.363 e. The number of rotatable bonds is 2. The molecule has 108 valence electrons. The first kappa shape index (κ1) is 15.5. The molecular weight excluding hydrogens is 385 g/mol. The number of hydrogen-bond acceptors (Lipinski definition) is 2. The van der Waals surface area contributed by atoms with Crippen molar-refractivity contribution in [2.75, 3.05) is 32.7 Å². The molecule has 1 aliphatic heterocycles. The van der Waals surface area contributed by atoms with E-state index in [1.165, 1.54) is 0 Å². The first-order valence-electron chi connectivity index (χ1n) is 6.70. The summed E-state index contributed by atoms with van der Waals surface area (Å²) in [5.74, 6) is 0.115. The van der Waals surface area contributed by atoms with Gasteiger partial charge in [0.2, 0.25) is 0 Å². The van der Waals surface area contributed by atoms with Crippen molar-refractivity contribution in [3.8, 4) is 0 Å². The Morgan fingerprint density at radius 3 is 2.45 bits per heavy atom. The van der Waals surface area contributed by atoms with Crippen molar-refractivity contribution in [1.29, 1.82) is 0 Å². The standard InChI is InChI=1S/C14H18IN3OS/c1-2-16-14(20)18-9-7-17(8-10-18)13(19)11-5-3-4-6-12(11)15/h3-6H,2,7-10H2,1H3,(H,16,20). The van der Waals surface area contributed by atoms with Gasteiger partial charge in [-0.25, -0.2) is 0 Å². The second kappa shape index (κ2) is 7.21. The van der Waals surface area contributed by atoms with E-state index in [4.69, 9.17) is 12.2 Å². The maximum atomic E-state index is 12.5. The summed E-state index contributed by atoms with van der Waals surface area (Å²) in [4.78, 5) is 16.5. The molecule has 1 amide bonds. The molecule has 0 bridgehead atoms. The molecule has 4 nitrogen and oxygen atoms in total. The molecule has 1 aliphatic rings. The maximum absolute atomic E-state index is 12.5. The van der Waals surface area contributed by atoms with Gasteiger partial charge in [-0.15, -0.1) is 0 Å². The van der Waals surface area contributed by atoms with Gasteiger partial charge < -0.3 is 15.1 Å². The Morgan fingerprint density at radius 2 is 1.85 bits per heavy atom. The lowest BCUT2D eigenvalue weighted by Gasteiger charge is -2.36. The van der Waals surface area contributed by atoms with Crippen LogP contribution in [-0.4, -0.2) is 53.5 Å². The molecule has 0 atom stereocenters. The van der Waals surface area contributed by atoms with Gasteiger partial charge in [0.15, 0.2) is 5.11 Å². The summed E-state index contributed by atoms with van der Waals surface area (Å²) in [6.07, 6.45) is 0. The first-order chi connectivity index (χ1) is 9.63. The molecule has 6 heteroatoms. The van der Waals surface area contributed by atoms with E-state index < -0.39 is 0 Å². The molecule has 1 fully saturated rings. The molecule has 0 radical (unpaired) electrons. The molecule has 0 spiro atoms. The summed E-state index contributed by atoms with van der Waals surface area (Å²) < 4.78 is 1.00. The van der Waals surface area contributed by atoms with Crippen LogP contribution in [0.3, 0.4) is 0 Å². The van der Waals surface area contributed by atoms with Crippen LogP contribution in [0.15, 0.2) is 24.3 Å². The van der Waals surface area contributed by atoms with Gasteiger partial charge in [-0.1, -0.05) is 12.1 Å². The summed E-state index contributed by atoms with van der Waals surface area (Å²) in [7, 11) is 0. The zero-order valence-corrected chi connectivity index (χ0v) is 14.4. The number of nitrogens with one attached hydrogen (secondary N) is 1. The third kappa shape index (κ3) is 3.60. The van der Waals surface area contributed by atoms with Gasteiger partial charge in [0, 0.05) is 36.3 Å². The van der Waals surface area contributed by atoms with E-state index >= 15 is 0 Å². The predicted octanol–water partition coefficient (Wildman–Crippen LogP) is 1.94. The number of carbonyl (C=O) groups is 1. The summed E-state index contributed by atoms with van der Waals surface area (Å²) in [5, 5.41) is 3.94. The number of thiocarbonyl (C=S) groups is 1. The van der Waals surface area contributed by atoms with Gasteiger partial charge in [-0.2, -0.15) is 0 Å². The van der Waals surface area contributed by atoms with Crippen molar-refractivity contribution < 1.29 is 4.79 Å². The van der Waals surface area contributed by atoms with E-state index in [0.717, 1.165) is 47.0 Å². The number of carbonyl (C=O) groups excluding carboxylic acids is 1. The van der Waals surface area contributed by atoms with Gasteiger partial charge in [0.25, 0.3) is 5.91 Å². The van der Waals surface area contributed by atoms with E-state index in [1.54, 1.807) is 0 Å².